The summed E-state index contributed by atoms with van der Waals surface area (Å²) in [6.07, 6.45) is 4.96. The van der Waals surface area contributed by atoms with Crippen molar-refractivity contribution in [2.24, 2.45) is 0 Å². The van der Waals surface area contributed by atoms with Crippen LogP contribution in [0.4, 0.5) is 10.1 Å². The van der Waals surface area contributed by atoms with Crippen molar-refractivity contribution in [1.29, 1.82) is 0 Å². The van der Waals surface area contributed by atoms with Gasteiger partial charge in [-0.05, 0) is 81.7 Å². The number of nitrogens with zero attached hydrogens (tertiary/aromatic N) is 5. The average Bonchev–Trinajstić information content (AvgIpc) is 3.71. The van der Waals surface area contributed by atoms with Crippen molar-refractivity contribution in [2.75, 3.05) is 38.7 Å². The van der Waals surface area contributed by atoms with Gasteiger partial charge in [-0.3, -0.25) is 14.3 Å². The van der Waals surface area contributed by atoms with Crippen LogP contribution < -0.4 is 25.2 Å². The van der Waals surface area contributed by atoms with Gasteiger partial charge in [-0.25, -0.2) is 9.18 Å². The fourth-order valence-electron chi connectivity index (χ4n) is 5.59. The zero-order chi connectivity index (χ0) is 33.8. The van der Waals surface area contributed by atoms with Crippen molar-refractivity contribution < 1.29 is 23.4 Å². The largest absolute Gasteiger partial charge is 0.493 e. The van der Waals surface area contributed by atoms with Crippen LogP contribution >= 0.6 is 23.2 Å². The third-order valence-corrected chi connectivity index (χ3v) is 8.53. The first-order chi connectivity index (χ1) is 23.2. The molecule has 3 heterocycles. The van der Waals surface area contributed by atoms with Crippen molar-refractivity contribution in [1.82, 2.24) is 24.2 Å². The molecule has 0 saturated carbocycles. The second-order valence-electron chi connectivity index (χ2n) is 11.1. The van der Waals surface area contributed by atoms with Gasteiger partial charge in [0, 0.05) is 47.5 Å². The summed E-state index contributed by atoms with van der Waals surface area (Å²) in [6, 6.07) is 13.7. The highest BCUT2D eigenvalue weighted by Crippen LogP contribution is 2.38. The minimum atomic E-state index is -0.728. The molecule has 5 aromatic rings. The number of benzene rings is 3. The lowest BCUT2D eigenvalue weighted by Crippen LogP contribution is -2.26. The standard InChI is InChI=1S/C34H33Cl2FN6O5/c1-3-42-32(40-43(34(42)45)27-9-7-21(35)17-24(27)36)33(44)39-22-8-10-29(25(37)18-22)48-28-11-12-38-26-20-31(30(46-2)19-23(26)28)47-16-6-15-41-13-4-5-14-41/h7-12,17-20H,3-6,13-16H2,1-2H3,(H,39,44). The number of methoxy groups -OCH3 is 1. The van der Waals surface area contributed by atoms with Crippen LogP contribution in [0.15, 0.2) is 65.6 Å². The molecule has 0 spiro atoms. The smallest absolute Gasteiger partial charge is 0.351 e. The number of anilines is 1. The molecule has 0 aliphatic carbocycles. The Balaban J connectivity index is 1.17. The molecule has 0 radical (unpaired) electrons. The summed E-state index contributed by atoms with van der Waals surface area (Å²) in [5.74, 6) is -0.271. The number of ether oxygens (including phenoxy) is 3. The lowest BCUT2D eigenvalue weighted by molar-refractivity contribution is 0.101. The third-order valence-electron chi connectivity index (χ3n) is 7.99. The van der Waals surface area contributed by atoms with Gasteiger partial charge >= 0.3 is 5.69 Å². The van der Waals surface area contributed by atoms with Crippen LogP contribution in [0.5, 0.6) is 23.0 Å². The first-order valence-corrected chi connectivity index (χ1v) is 16.3. The van der Waals surface area contributed by atoms with E-state index in [1.807, 2.05) is 0 Å². The molecule has 1 fully saturated rings. The van der Waals surface area contributed by atoms with Crippen molar-refractivity contribution in [2.45, 2.75) is 32.7 Å². The molecule has 1 saturated heterocycles. The van der Waals surface area contributed by atoms with E-state index in [0.717, 1.165) is 36.8 Å². The molecule has 0 atom stereocenters. The van der Waals surface area contributed by atoms with E-state index < -0.39 is 17.4 Å². The molecule has 3 aromatic carbocycles. The lowest BCUT2D eigenvalue weighted by atomic mass is 10.1. The van der Waals surface area contributed by atoms with Crippen LogP contribution in [0.2, 0.25) is 10.0 Å². The molecular weight excluding hydrogens is 662 g/mol. The first kappa shape index (κ1) is 33.3. The van der Waals surface area contributed by atoms with Crippen molar-refractivity contribution in [3.63, 3.8) is 0 Å². The number of carbonyl (C=O) groups is 1. The predicted octanol–water partition coefficient (Wildman–Crippen LogP) is 6.97. The molecular formula is C34H33Cl2FN6O5. The summed E-state index contributed by atoms with van der Waals surface area (Å²) in [5.41, 5.74) is 0.414. The fourth-order valence-corrected chi connectivity index (χ4v) is 6.08. The maximum absolute atomic E-state index is 15.4. The van der Waals surface area contributed by atoms with Crippen LogP contribution in [0.3, 0.4) is 0 Å². The van der Waals surface area contributed by atoms with Gasteiger partial charge in [-0.2, -0.15) is 4.68 Å². The molecule has 1 aliphatic heterocycles. The van der Waals surface area contributed by atoms with E-state index in [4.69, 9.17) is 37.4 Å². The van der Waals surface area contributed by atoms with Crippen molar-refractivity contribution in [3.8, 4) is 28.7 Å². The Labute approximate surface area is 285 Å². The number of fused-ring (bicyclic) bond motifs is 1. The summed E-state index contributed by atoms with van der Waals surface area (Å²) in [7, 11) is 1.55. The van der Waals surface area contributed by atoms with E-state index in [2.05, 4.69) is 20.3 Å². The second kappa shape index (κ2) is 14.6. The van der Waals surface area contributed by atoms with Crippen LogP contribution in [-0.4, -0.2) is 63.5 Å². The maximum Gasteiger partial charge on any atom is 0.351 e. The topological polar surface area (TPSA) is 113 Å². The zero-order valence-corrected chi connectivity index (χ0v) is 27.9. The van der Waals surface area contributed by atoms with Gasteiger partial charge < -0.3 is 24.4 Å². The number of hydrogen-bond acceptors (Lipinski definition) is 8. The number of hydrogen-bond donors (Lipinski definition) is 1. The summed E-state index contributed by atoms with van der Waals surface area (Å²) < 4.78 is 35.2. The molecule has 2 aromatic heterocycles. The highest BCUT2D eigenvalue weighted by molar-refractivity contribution is 6.35. The number of amides is 1. The lowest BCUT2D eigenvalue weighted by Gasteiger charge is -2.16. The van der Waals surface area contributed by atoms with Crippen LogP contribution in [-0.2, 0) is 6.54 Å². The molecule has 11 nitrogen and oxygen atoms in total. The minimum Gasteiger partial charge on any atom is -0.493 e. The Hall–Kier alpha value is -4.65. The number of nitrogens with one attached hydrogen (secondary N) is 1. The van der Waals surface area contributed by atoms with Crippen LogP contribution in [0.25, 0.3) is 16.6 Å². The molecule has 14 heteroatoms. The van der Waals surface area contributed by atoms with Gasteiger partial charge in [-0.1, -0.05) is 23.2 Å². The molecule has 1 amide bonds. The van der Waals surface area contributed by atoms with E-state index >= 15 is 4.39 Å². The molecule has 1 N–H and O–H groups in total. The monoisotopic (exact) mass is 694 g/mol. The molecule has 6 rings (SSSR count). The van der Waals surface area contributed by atoms with Gasteiger partial charge in [0.25, 0.3) is 5.91 Å². The third kappa shape index (κ3) is 7.10. The fraction of sp³-hybridized carbons (Fsp3) is 0.294. The van der Waals surface area contributed by atoms with Crippen LogP contribution in [0, 0.1) is 5.82 Å². The Bertz CT molecular complexity index is 2030. The Morgan fingerprint density at radius 3 is 2.54 bits per heavy atom. The molecule has 48 heavy (non-hydrogen) atoms. The zero-order valence-electron chi connectivity index (χ0n) is 26.3. The predicted molar refractivity (Wildman–Crippen MR) is 182 cm³/mol. The number of carbonyl (C=O) groups excluding carboxylic acids is 1. The Morgan fingerprint density at radius 1 is 1.00 bits per heavy atom. The maximum atomic E-state index is 15.4. The molecule has 250 valence electrons. The van der Waals surface area contributed by atoms with E-state index in [1.165, 1.54) is 41.7 Å². The summed E-state index contributed by atoms with van der Waals surface area (Å²) in [4.78, 5) is 33.1. The normalized spacial score (nSPS) is 13.2. The van der Waals surface area contributed by atoms with Crippen molar-refractivity contribution in [3.05, 3.63) is 93.0 Å². The van der Waals surface area contributed by atoms with E-state index in [0.29, 0.717) is 39.8 Å². The highest BCUT2D eigenvalue weighted by atomic mass is 35.5. The number of rotatable bonds is 12. The van der Waals surface area contributed by atoms with Gasteiger partial charge in [0.05, 0.1) is 29.9 Å². The highest BCUT2D eigenvalue weighted by Gasteiger charge is 2.22. The van der Waals surface area contributed by atoms with E-state index in [9.17, 15) is 9.59 Å². The summed E-state index contributed by atoms with van der Waals surface area (Å²) in [6.45, 7) is 5.66. The quantitative estimate of drug-likeness (QED) is 0.139. The van der Waals surface area contributed by atoms with E-state index in [-0.39, 0.29) is 34.5 Å². The Morgan fingerprint density at radius 2 is 1.81 bits per heavy atom. The number of aromatic nitrogens is 4. The number of likely N-dealkylation sites (tertiary alicyclic amines) is 1. The van der Waals surface area contributed by atoms with Crippen molar-refractivity contribution >= 4 is 45.7 Å². The summed E-state index contributed by atoms with van der Waals surface area (Å²) in [5, 5.41) is 7.97. The molecule has 0 unspecified atom stereocenters. The molecule has 0 bridgehead atoms. The minimum absolute atomic E-state index is 0.0752. The molecule has 1 aliphatic rings. The van der Waals surface area contributed by atoms with Gasteiger partial charge in [-0.15, -0.1) is 5.10 Å². The van der Waals surface area contributed by atoms with E-state index in [1.54, 1.807) is 44.5 Å². The number of halogens is 3. The van der Waals surface area contributed by atoms with Crippen LogP contribution in [0.1, 0.15) is 36.8 Å². The van der Waals surface area contributed by atoms with Gasteiger partial charge in [0.15, 0.2) is 23.1 Å². The second-order valence-corrected chi connectivity index (χ2v) is 12.0. The average molecular weight is 696 g/mol. The summed E-state index contributed by atoms with van der Waals surface area (Å²) >= 11 is 12.3. The number of pyridine rings is 1. The van der Waals surface area contributed by atoms with Gasteiger partial charge in [0.2, 0.25) is 5.82 Å². The van der Waals surface area contributed by atoms with Gasteiger partial charge in [0.1, 0.15) is 5.75 Å². The first-order valence-electron chi connectivity index (χ1n) is 15.5. The Kier molecular flexibility index (Phi) is 10.1. The SMILES string of the molecule is CCn1c(C(=O)Nc2ccc(Oc3ccnc4cc(OCCCN5CCCC5)c(OC)cc34)c(F)c2)nn(-c2ccc(Cl)cc2Cl)c1=O.